The van der Waals surface area contributed by atoms with Crippen molar-refractivity contribution in [2.24, 2.45) is 0 Å². The lowest BCUT2D eigenvalue weighted by Gasteiger charge is -2.31. The lowest BCUT2D eigenvalue weighted by molar-refractivity contribution is -0.133. The lowest BCUT2D eigenvalue weighted by atomic mass is 9.94. The summed E-state index contributed by atoms with van der Waals surface area (Å²) in [6, 6.07) is 0.285. The standard InChI is InChI=1S/C16H28N4O3S/c1-12-16(24(22,23)18(3)4)13(2)20(17-12)11-15(21)19(5)14-9-7-6-8-10-14/h14H,6-11H2,1-5H3. The van der Waals surface area contributed by atoms with Crippen LogP contribution in [-0.2, 0) is 21.4 Å². The number of hydrogen-bond acceptors (Lipinski definition) is 4. The minimum atomic E-state index is -3.57. The molecule has 1 aromatic rings. The van der Waals surface area contributed by atoms with E-state index in [1.807, 2.05) is 7.05 Å². The van der Waals surface area contributed by atoms with E-state index in [1.165, 1.54) is 29.5 Å². The van der Waals surface area contributed by atoms with Gasteiger partial charge >= 0.3 is 0 Å². The monoisotopic (exact) mass is 356 g/mol. The van der Waals surface area contributed by atoms with Crippen molar-refractivity contribution >= 4 is 15.9 Å². The van der Waals surface area contributed by atoms with E-state index in [-0.39, 0.29) is 23.4 Å². The van der Waals surface area contributed by atoms with Crippen LogP contribution in [0.2, 0.25) is 0 Å². The molecule has 8 heteroatoms. The summed E-state index contributed by atoms with van der Waals surface area (Å²) < 4.78 is 27.5. The van der Waals surface area contributed by atoms with Crippen molar-refractivity contribution in [3.63, 3.8) is 0 Å². The van der Waals surface area contributed by atoms with Gasteiger partial charge in [0.05, 0.1) is 11.4 Å². The number of rotatable bonds is 5. The van der Waals surface area contributed by atoms with Crippen molar-refractivity contribution in [1.82, 2.24) is 19.0 Å². The first-order chi connectivity index (χ1) is 11.2. The summed E-state index contributed by atoms with van der Waals surface area (Å²) in [4.78, 5) is 14.6. The highest BCUT2D eigenvalue weighted by molar-refractivity contribution is 7.89. The summed E-state index contributed by atoms with van der Waals surface area (Å²) in [5.74, 6) is -0.0266. The van der Waals surface area contributed by atoms with Gasteiger partial charge in [0, 0.05) is 27.2 Å². The van der Waals surface area contributed by atoms with Crippen LogP contribution in [0, 0.1) is 13.8 Å². The van der Waals surface area contributed by atoms with E-state index < -0.39 is 10.0 Å². The predicted molar refractivity (Wildman–Crippen MR) is 92.2 cm³/mol. The molecule has 7 nitrogen and oxygen atoms in total. The molecule has 1 aliphatic carbocycles. The third-order valence-electron chi connectivity index (χ3n) is 4.85. The number of carbonyl (C=O) groups is 1. The van der Waals surface area contributed by atoms with E-state index in [9.17, 15) is 13.2 Å². The number of nitrogens with zero attached hydrogens (tertiary/aromatic N) is 4. The molecule has 0 spiro atoms. The molecule has 1 fully saturated rings. The van der Waals surface area contributed by atoms with Crippen molar-refractivity contribution in [3.05, 3.63) is 11.4 Å². The third-order valence-corrected chi connectivity index (χ3v) is 6.92. The van der Waals surface area contributed by atoms with E-state index in [2.05, 4.69) is 5.10 Å². The first-order valence-corrected chi connectivity index (χ1v) is 9.82. The molecule has 0 bridgehead atoms. The van der Waals surface area contributed by atoms with Crippen LogP contribution in [0.1, 0.15) is 43.5 Å². The van der Waals surface area contributed by atoms with Gasteiger partial charge in [0.15, 0.2) is 0 Å². The summed E-state index contributed by atoms with van der Waals surface area (Å²) in [6.07, 6.45) is 5.64. The van der Waals surface area contributed by atoms with Crippen LogP contribution in [-0.4, -0.2) is 60.5 Å². The van der Waals surface area contributed by atoms with Crippen molar-refractivity contribution in [3.8, 4) is 0 Å². The average molecular weight is 356 g/mol. The van der Waals surface area contributed by atoms with Crippen molar-refractivity contribution in [2.45, 2.75) is 63.4 Å². The molecular weight excluding hydrogens is 328 g/mol. The second-order valence-corrected chi connectivity index (χ2v) is 8.83. The Labute approximate surface area is 144 Å². The second kappa shape index (κ2) is 7.23. The molecule has 1 amide bonds. The fourth-order valence-corrected chi connectivity index (χ4v) is 4.56. The van der Waals surface area contributed by atoms with Crippen LogP contribution in [0.3, 0.4) is 0 Å². The van der Waals surface area contributed by atoms with Crippen LogP contribution in [0.5, 0.6) is 0 Å². The van der Waals surface area contributed by atoms with E-state index in [4.69, 9.17) is 0 Å². The number of sulfonamides is 1. The molecular formula is C16H28N4O3S. The van der Waals surface area contributed by atoms with Crippen LogP contribution >= 0.6 is 0 Å². The predicted octanol–water partition coefficient (Wildman–Crippen LogP) is 1.54. The van der Waals surface area contributed by atoms with Gasteiger partial charge in [0.2, 0.25) is 15.9 Å². The molecule has 24 heavy (non-hydrogen) atoms. The Morgan fingerprint density at radius 1 is 1.17 bits per heavy atom. The highest BCUT2D eigenvalue weighted by atomic mass is 32.2. The molecule has 1 saturated carbocycles. The van der Waals surface area contributed by atoms with Crippen LogP contribution in [0.4, 0.5) is 0 Å². The Morgan fingerprint density at radius 2 is 1.75 bits per heavy atom. The molecule has 0 aromatic carbocycles. The highest BCUT2D eigenvalue weighted by Crippen LogP contribution is 2.24. The van der Waals surface area contributed by atoms with Gasteiger partial charge in [-0.05, 0) is 26.7 Å². The fourth-order valence-electron chi connectivity index (χ4n) is 3.30. The molecule has 0 atom stereocenters. The van der Waals surface area contributed by atoms with Gasteiger partial charge < -0.3 is 4.90 Å². The Bertz CT molecular complexity index is 703. The molecule has 1 aromatic heterocycles. The molecule has 1 heterocycles. The first kappa shape index (κ1) is 18.9. The molecule has 0 unspecified atom stereocenters. The third kappa shape index (κ3) is 3.64. The van der Waals surface area contributed by atoms with Crippen LogP contribution < -0.4 is 0 Å². The second-order valence-electron chi connectivity index (χ2n) is 6.74. The minimum absolute atomic E-state index is 0.0266. The Balaban J connectivity index is 2.20. The summed E-state index contributed by atoms with van der Waals surface area (Å²) in [5.41, 5.74) is 0.931. The van der Waals surface area contributed by atoms with Crippen LogP contribution in [0.15, 0.2) is 4.90 Å². The maximum atomic E-state index is 12.6. The summed E-state index contributed by atoms with van der Waals surface area (Å²) in [6.45, 7) is 3.43. The summed E-state index contributed by atoms with van der Waals surface area (Å²) in [5, 5.41) is 4.29. The van der Waals surface area contributed by atoms with Gasteiger partial charge in [-0.1, -0.05) is 19.3 Å². The zero-order chi connectivity index (χ0) is 18.1. The molecule has 0 saturated heterocycles. The van der Waals surface area contributed by atoms with E-state index in [0.717, 1.165) is 25.7 Å². The zero-order valence-corrected chi connectivity index (χ0v) is 16.1. The number of aromatic nitrogens is 2. The molecule has 1 aliphatic rings. The maximum Gasteiger partial charge on any atom is 0.246 e. The Morgan fingerprint density at radius 3 is 2.29 bits per heavy atom. The normalized spacial score (nSPS) is 16.6. The molecule has 136 valence electrons. The first-order valence-electron chi connectivity index (χ1n) is 8.38. The minimum Gasteiger partial charge on any atom is -0.341 e. The smallest absolute Gasteiger partial charge is 0.246 e. The molecule has 0 aliphatic heterocycles. The number of carbonyl (C=O) groups excluding carboxylic acids is 1. The van der Waals surface area contributed by atoms with E-state index in [1.54, 1.807) is 18.7 Å². The van der Waals surface area contributed by atoms with E-state index >= 15 is 0 Å². The SMILES string of the molecule is Cc1nn(CC(=O)N(C)C2CCCCC2)c(C)c1S(=O)(=O)N(C)C. The summed E-state index contributed by atoms with van der Waals surface area (Å²) >= 11 is 0. The van der Waals surface area contributed by atoms with Gasteiger partial charge in [0.1, 0.15) is 11.4 Å². The Hall–Kier alpha value is -1.41. The zero-order valence-electron chi connectivity index (χ0n) is 15.2. The quantitative estimate of drug-likeness (QED) is 0.802. The number of hydrogen-bond donors (Lipinski definition) is 0. The Kier molecular flexibility index (Phi) is 5.70. The topological polar surface area (TPSA) is 75.5 Å². The van der Waals surface area contributed by atoms with Crippen molar-refractivity contribution in [2.75, 3.05) is 21.1 Å². The lowest BCUT2D eigenvalue weighted by Crippen LogP contribution is -2.40. The molecule has 2 rings (SSSR count). The van der Waals surface area contributed by atoms with Gasteiger partial charge in [-0.15, -0.1) is 0 Å². The maximum absolute atomic E-state index is 12.6. The van der Waals surface area contributed by atoms with Gasteiger partial charge in [-0.2, -0.15) is 5.10 Å². The fraction of sp³-hybridized carbons (Fsp3) is 0.750. The molecule has 0 radical (unpaired) electrons. The van der Waals surface area contributed by atoms with Crippen molar-refractivity contribution < 1.29 is 13.2 Å². The number of aryl methyl sites for hydroxylation is 1. The average Bonchev–Trinajstić information content (AvgIpc) is 2.81. The van der Waals surface area contributed by atoms with Gasteiger partial charge in [0.25, 0.3) is 0 Å². The summed E-state index contributed by atoms with van der Waals surface area (Å²) in [7, 11) is 1.25. The van der Waals surface area contributed by atoms with Gasteiger partial charge in [-0.3, -0.25) is 9.48 Å². The number of amides is 1. The largest absolute Gasteiger partial charge is 0.341 e. The number of likely N-dealkylation sites (N-methyl/N-ethyl adjacent to an activating group) is 1. The van der Waals surface area contributed by atoms with Crippen molar-refractivity contribution in [1.29, 1.82) is 0 Å². The van der Waals surface area contributed by atoms with E-state index in [0.29, 0.717) is 11.4 Å². The van der Waals surface area contributed by atoms with Gasteiger partial charge in [-0.25, -0.2) is 12.7 Å². The van der Waals surface area contributed by atoms with Crippen LogP contribution in [0.25, 0.3) is 0 Å². The highest BCUT2D eigenvalue weighted by Gasteiger charge is 2.28. The molecule has 0 N–H and O–H groups in total.